The Kier molecular flexibility index (Phi) is 5.09. The summed E-state index contributed by atoms with van der Waals surface area (Å²) in [5, 5.41) is 14.4. The molecule has 0 atom stereocenters. The van der Waals surface area contributed by atoms with Gasteiger partial charge in [-0.1, -0.05) is 0 Å². The SMILES string of the molecule is Cc1nnc(NC(=O)CSC2CCNCC2)nc1C. The first-order chi connectivity index (χ1) is 9.15. The number of nitrogens with zero attached hydrogens (tertiary/aromatic N) is 3. The van der Waals surface area contributed by atoms with Crippen LogP contribution >= 0.6 is 11.8 Å². The van der Waals surface area contributed by atoms with Crippen LogP contribution < -0.4 is 10.6 Å². The summed E-state index contributed by atoms with van der Waals surface area (Å²) in [6, 6.07) is 0. The molecule has 1 aromatic heterocycles. The maximum absolute atomic E-state index is 11.8. The second-order valence-corrected chi connectivity index (χ2v) is 5.90. The van der Waals surface area contributed by atoms with Gasteiger partial charge in [-0.15, -0.1) is 16.9 Å². The van der Waals surface area contributed by atoms with Gasteiger partial charge in [0.05, 0.1) is 17.1 Å². The Balaban J connectivity index is 1.78. The van der Waals surface area contributed by atoms with Crippen LogP contribution in [0.3, 0.4) is 0 Å². The molecule has 1 fully saturated rings. The van der Waals surface area contributed by atoms with Crippen molar-refractivity contribution in [2.45, 2.75) is 31.9 Å². The quantitative estimate of drug-likeness (QED) is 0.854. The summed E-state index contributed by atoms with van der Waals surface area (Å²) in [5.74, 6) is 0.675. The molecule has 1 saturated heterocycles. The molecule has 1 aliphatic heterocycles. The van der Waals surface area contributed by atoms with E-state index in [0.29, 0.717) is 17.0 Å². The van der Waals surface area contributed by atoms with Crippen molar-refractivity contribution in [3.63, 3.8) is 0 Å². The molecule has 1 amide bonds. The van der Waals surface area contributed by atoms with Gasteiger partial charge in [0.2, 0.25) is 11.9 Å². The van der Waals surface area contributed by atoms with Gasteiger partial charge in [-0.25, -0.2) is 4.98 Å². The summed E-state index contributed by atoms with van der Waals surface area (Å²) in [4.78, 5) is 16.0. The zero-order valence-electron chi connectivity index (χ0n) is 11.3. The van der Waals surface area contributed by atoms with Gasteiger partial charge in [0, 0.05) is 5.25 Å². The van der Waals surface area contributed by atoms with Gasteiger partial charge >= 0.3 is 0 Å². The Morgan fingerprint density at radius 2 is 2.05 bits per heavy atom. The van der Waals surface area contributed by atoms with E-state index in [1.165, 1.54) is 0 Å². The third-order valence-electron chi connectivity index (χ3n) is 3.08. The highest BCUT2D eigenvalue weighted by Crippen LogP contribution is 2.19. The van der Waals surface area contributed by atoms with Gasteiger partial charge in [-0.05, 0) is 39.8 Å². The van der Waals surface area contributed by atoms with Crippen LogP contribution in [-0.2, 0) is 4.79 Å². The number of carbonyl (C=O) groups excluding carboxylic acids is 1. The van der Waals surface area contributed by atoms with Gasteiger partial charge in [-0.3, -0.25) is 10.1 Å². The van der Waals surface area contributed by atoms with Crippen molar-refractivity contribution in [1.82, 2.24) is 20.5 Å². The van der Waals surface area contributed by atoms with Crippen LogP contribution in [-0.4, -0.2) is 45.2 Å². The topological polar surface area (TPSA) is 79.8 Å². The van der Waals surface area contributed by atoms with Gasteiger partial charge < -0.3 is 5.32 Å². The first-order valence-corrected chi connectivity index (χ1v) is 7.50. The Bertz CT molecular complexity index is 448. The molecule has 0 bridgehead atoms. The number of amides is 1. The molecule has 0 spiro atoms. The lowest BCUT2D eigenvalue weighted by molar-refractivity contribution is -0.113. The highest BCUT2D eigenvalue weighted by Gasteiger charge is 2.15. The standard InChI is InChI=1S/C12H19N5OS/c1-8-9(2)16-17-12(14-8)15-11(18)7-19-10-3-5-13-6-4-10/h10,13H,3-7H2,1-2H3,(H,14,15,17,18). The predicted molar refractivity (Wildman–Crippen MR) is 76.3 cm³/mol. The monoisotopic (exact) mass is 281 g/mol. The van der Waals surface area contributed by atoms with Crippen LogP contribution in [0.1, 0.15) is 24.2 Å². The third kappa shape index (κ3) is 4.43. The van der Waals surface area contributed by atoms with Gasteiger partial charge in [0.15, 0.2) is 0 Å². The van der Waals surface area contributed by atoms with E-state index < -0.39 is 0 Å². The first kappa shape index (κ1) is 14.2. The van der Waals surface area contributed by atoms with Crippen LogP contribution in [0.25, 0.3) is 0 Å². The fourth-order valence-corrected chi connectivity index (χ4v) is 2.85. The minimum atomic E-state index is -0.0615. The highest BCUT2D eigenvalue weighted by molar-refractivity contribution is 8.00. The molecule has 0 aromatic carbocycles. The Hall–Kier alpha value is -1.21. The molecule has 7 heteroatoms. The lowest BCUT2D eigenvalue weighted by Crippen LogP contribution is -2.30. The van der Waals surface area contributed by atoms with Crippen molar-refractivity contribution < 1.29 is 4.79 Å². The molecular weight excluding hydrogens is 262 g/mol. The van der Waals surface area contributed by atoms with E-state index in [1.54, 1.807) is 11.8 Å². The van der Waals surface area contributed by atoms with E-state index in [1.807, 2.05) is 13.8 Å². The summed E-state index contributed by atoms with van der Waals surface area (Å²) >= 11 is 1.70. The van der Waals surface area contributed by atoms with E-state index in [-0.39, 0.29) is 5.91 Å². The molecule has 2 heterocycles. The number of thioether (sulfide) groups is 1. The summed E-state index contributed by atoms with van der Waals surface area (Å²) in [6.07, 6.45) is 2.25. The molecule has 6 nitrogen and oxygen atoms in total. The number of hydrogen-bond acceptors (Lipinski definition) is 6. The number of piperidine rings is 1. The Morgan fingerprint density at radius 1 is 1.32 bits per heavy atom. The van der Waals surface area contributed by atoms with Crippen molar-refractivity contribution in [3.05, 3.63) is 11.4 Å². The first-order valence-electron chi connectivity index (χ1n) is 6.45. The molecule has 19 heavy (non-hydrogen) atoms. The zero-order chi connectivity index (χ0) is 13.7. The van der Waals surface area contributed by atoms with Crippen LogP contribution in [0.5, 0.6) is 0 Å². The summed E-state index contributed by atoms with van der Waals surface area (Å²) in [6.45, 7) is 5.78. The second kappa shape index (κ2) is 6.81. The number of anilines is 1. The molecule has 0 saturated carbocycles. The van der Waals surface area contributed by atoms with Crippen LogP contribution in [0.15, 0.2) is 0 Å². The maximum atomic E-state index is 11.8. The lowest BCUT2D eigenvalue weighted by Gasteiger charge is -2.21. The Labute approximate surface area is 117 Å². The number of aryl methyl sites for hydroxylation is 2. The molecule has 104 valence electrons. The largest absolute Gasteiger partial charge is 0.317 e. The van der Waals surface area contributed by atoms with Crippen LogP contribution in [0, 0.1) is 13.8 Å². The molecule has 1 aliphatic rings. The van der Waals surface area contributed by atoms with E-state index in [4.69, 9.17) is 0 Å². The zero-order valence-corrected chi connectivity index (χ0v) is 12.1. The predicted octanol–water partition coefficient (Wildman–Crippen LogP) is 0.912. The lowest BCUT2D eigenvalue weighted by atomic mass is 10.2. The average molecular weight is 281 g/mol. The number of aromatic nitrogens is 3. The van der Waals surface area contributed by atoms with Crippen molar-refractivity contribution in [2.75, 3.05) is 24.2 Å². The molecule has 0 radical (unpaired) electrons. The van der Waals surface area contributed by atoms with Crippen LogP contribution in [0.4, 0.5) is 5.95 Å². The Morgan fingerprint density at radius 3 is 2.74 bits per heavy atom. The number of rotatable bonds is 4. The smallest absolute Gasteiger partial charge is 0.249 e. The third-order valence-corrected chi connectivity index (χ3v) is 4.45. The summed E-state index contributed by atoms with van der Waals surface area (Å²) < 4.78 is 0. The maximum Gasteiger partial charge on any atom is 0.249 e. The van der Waals surface area contributed by atoms with Gasteiger partial charge in [0.25, 0.3) is 0 Å². The fraction of sp³-hybridized carbons (Fsp3) is 0.667. The molecule has 2 rings (SSSR count). The van der Waals surface area contributed by atoms with Crippen molar-refractivity contribution >= 4 is 23.6 Å². The summed E-state index contributed by atoms with van der Waals surface area (Å²) in [7, 11) is 0. The van der Waals surface area contributed by atoms with Crippen molar-refractivity contribution in [3.8, 4) is 0 Å². The summed E-state index contributed by atoms with van der Waals surface area (Å²) in [5.41, 5.74) is 1.57. The minimum Gasteiger partial charge on any atom is -0.317 e. The normalized spacial score (nSPS) is 16.3. The number of carbonyl (C=O) groups is 1. The highest BCUT2D eigenvalue weighted by atomic mass is 32.2. The number of nitrogens with one attached hydrogen (secondary N) is 2. The molecule has 0 unspecified atom stereocenters. The fourth-order valence-electron chi connectivity index (χ4n) is 1.83. The van der Waals surface area contributed by atoms with E-state index in [0.717, 1.165) is 37.3 Å². The molecule has 2 N–H and O–H groups in total. The van der Waals surface area contributed by atoms with Crippen molar-refractivity contribution in [2.24, 2.45) is 0 Å². The van der Waals surface area contributed by atoms with Crippen LogP contribution in [0.2, 0.25) is 0 Å². The minimum absolute atomic E-state index is 0.0615. The van der Waals surface area contributed by atoms with Crippen molar-refractivity contribution in [1.29, 1.82) is 0 Å². The van der Waals surface area contributed by atoms with Gasteiger partial charge in [-0.2, -0.15) is 5.10 Å². The van der Waals surface area contributed by atoms with E-state index in [9.17, 15) is 4.79 Å². The molecule has 1 aromatic rings. The molecule has 0 aliphatic carbocycles. The average Bonchev–Trinajstić information content (AvgIpc) is 2.42. The van der Waals surface area contributed by atoms with Gasteiger partial charge in [0.1, 0.15) is 0 Å². The van der Waals surface area contributed by atoms with E-state index >= 15 is 0 Å². The number of hydrogen-bond donors (Lipinski definition) is 2. The molecular formula is C12H19N5OS. The second-order valence-electron chi connectivity index (χ2n) is 4.61. The van der Waals surface area contributed by atoms with E-state index in [2.05, 4.69) is 25.8 Å².